The molecule has 0 fully saturated rings. The molecule has 0 atom stereocenters. The first-order valence-electron chi connectivity index (χ1n) is 5.91. The number of aromatic nitrogens is 2. The lowest BCUT2D eigenvalue weighted by atomic mass is 10.1. The highest BCUT2D eigenvalue weighted by molar-refractivity contribution is 5.93. The van der Waals surface area contributed by atoms with Gasteiger partial charge in [0.1, 0.15) is 5.75 Å². The third-order valence-electron chi connectivity index (χ3n) is 3.06. The fourth-order valence-electron chi connectivity index (χ4n) is 2.08. The van der Waals surface area contributed by atoms with Gasteiger partial charge in [-0.1, -0.05) is 18.2 Å². The summed E-state index contributed by atoms with van der Waals surface area (Å²) in [6.45, 7) is 0. The lowest BCUT2D eigenvalue weighted by molar-refractivity contribution is 0.415. The predicted octanol–water partition coefficient (Wildman–Crippen LogP) is 2.60. The summed E-state index contributed by atoms with van der Waals surface area (Å²) in [5.41, 5.74) is 1.53. The molecule has 0 spiro atoms. The summed E-state index contributed by atoms with van der Waals surface area (Å²) in [6, 6.07) is 15.0. The van der Waals surface area contributed by atoms with Gasteiger partial charge in [-0.25, -0.2) is 5.10 Å². The van der Waals surface area contributed by atoms with E-state index in [0.717, 1.165) is 22.4 Å². The molecule has 0 aliphatic rings. The van der Waals surface area contributed by atoms with Crippen LogP contribution in [0.25, 0.3) is 22.0 Å². The van der Waals surface area contributed by atoms with Crippen LogP contribution in [0.5, 0.6) is 5.75 Å². The van der Waals surface area contributed by atoms with E-state index in [1.54, 1.807) is 13.2 Å². The number of hydrogen-bond acceptors (Lipinski definition) is 3. The number of fused-ring (bicyclic) bond motifs is 1. The summed E-state index contributed by atoms with van der Waals surface area (Å²) < 4.78 is 5.13. The van der Waals surface area contributed by atoms with Crippen molar-refractivity contribution in [2.24, 2.45) is 0 Å². The molecule has 0 radical (unpaired) electrons. The van der Waals surface area contributed by atoms with E-state index in [1.807, 2.05) is 42.5 Å². The number of ether oxygens (including phenoxy) is 1. The van der Waals surface area contributed by atoms with Crippen molar-refractivity contribution in [1.82, 2.24) is 10.2 Å². The van der Waals surface area contributed by atoms with Crippen LogP contribution in [-0.2, 0) is 0 Å². The van der Waals surface area contributed by atoms with E-state index in [0.29, 0.717) is 5.39 Å². The third kappa shape index (κ3) is 1.97. The Hall–Kier alpha value is -2.62. The zero-order valence-electron chi connectivity index (χ0n) is 10.4. The van der Waals surface area contributed by atoms with Gasteiger partial charge in [-0.2, -0.15) is 5.10 Å². The van der Waals surface area contributed by atoms with E-state index in [4.69, 9.17) is 4.74 Å². The van der Waals surface area contributed by atoms with Gasteiger partial charge in [-0.3, -0.25) is 4.79 Å². The van der Waals surface area contributed by atoms with Crippen molar-refractivity contribution >= 4 is 10.8 Å². The molecular weight excluding hydrogens is 240 g/mol. The van der Waals surface area contributed by atoms with Gasteiger partial charge in [0.25, 0.3) is 5.56 Å². The Bertz CT molecular complexity index is 776. The first kappa shape index (κ1) is 11.5. The minimum Gasteiger partial charge on any atom is -0.497 e. The fourth-order valence-corrected chi connectivity index (χ4v) is 2.08. The van der Waals surface area contributed by atoms with Crippen LogP contribution < -0.4 is 10.3 Å². The Morgan fingerprint density at radius 3 is 2.37 bits per heavy atom. The first-order valence-corrected chi connectivity index (χ1v) is 5.91. The van der Waals surface area contributed by atoms with Crippen LogP contribution in [0.2, 0.25) is 0 Å². The highest BCUT2D eigenvalue weighted by Crippen LogP contribution is 2.25. The number of rotatable bonds is 2. The van der Waals surface area contributed by atoms with Crippen molar-refractivity contribution in [3.05, 3.63) is 58.9 Å². The number of benzene rings is 2. The van der Waals surface area contributed by atoms with E-state index in [2.05, 4.69) is 10.2 Å². The normalized spacial score (nSPS) is 10.6. The Kier molecular flexibility index (Phi) is 2.76. The first-order chi connectivity index (χ1) is 9.29. The molecule has 0 amide bonds. The van der Waals surface area contributed by atoms with Crippen molar-refractivity contribution in [2.75, 3.05) is 7.11 Å². The summed E-state index contributed by atoms with van der Waals surface area (Å²) >= 11 is 0. The van der Waals surface area contributed by atoms with Gasteiger partial charge in [-0.15, -0.1) is 0 Å². The molecule has 19 heavy (non-hydrogen) atoms. The van der Waals surface area contributed by atoms with Crippen LogP contribution in [0, 0.1) is 0 Å². The number of nitrogens with one attached hydrogen (secondary N) is 1. The smallest absolute Gasteiger partial charge is 0.272 e. The molecule has 0 saturated carbocycles. The van der Waals surface area contributed by atoms with Crippen LogP contribution in [0.3, 0.4) is 0 Å². The van der Waals surface area contributed by atoms with E-state index in [-0.39, 0.29) is 5.56 Å². The second-order valence-electron chi connectivity index (χ2n) is 4.18. The fraction of sp³-hybridized carbons (Fsp3) is 0.0667. The molecule has 0 unspecified atom stereocenters. The average molecular weight is 252 g/mol. The Morgan fingerprint density at radius 1 is 1.00 bits per heavy atom. The lowest BCUT2D eigenvalue weighted by Gasteiger charge is -2.05. The number of nitrogens with zero attached hydrogens (tertiary/aromatic N) is 1. The van der Waals surface area contributed by atoms with Gasteiger partial charge in [0, 0.05) is 10.9 Å². The quantitative estimate of drug-likeness (QED) is 0.762. The van der Waals surface area contributed by atoms with Gasteiger partial charge in [0.2, 0.25) is 0 Å². The molecule has 3 aromatic rings. The summed E-state index contributed by atoms with van der Waals surface area (Å²) in [4.78, 5) is 11.7. The summed E-state index contributed by atoms with van der Waals surface area (Å²) in [6.07, 6.45) is 0. The Labute approximate surface area is 109 Å². The molecule has 2 aromatic carbocycles. The second kappa shape index (κ2) is 4.57. The summed E-state index contributed by atoms with van der Waals surface area (Å²) in [5, 5.41) is 8.17. The zero-order chi connectivity index (χ0) is 13.2. The molecule has 0 bridgehead atoms. The summed E-state index contributed by atoms with van der Waals surface area (Å²) in [7, 11) is 1.63. The topological polar surface area (TPSA) is 55.0 Å². The molecule has 3 rings (SSSR count). The molecular formula is C15H12N2O2. The second-order valence-corrected chi connectivity index (χ2v) is 4.18. The van der Waals surface area contributed by atoms with Crippen molar-refractivity contribution in [2.45, 2.75) is 0 Å². The average Bonchev–Trinajstić information content (AvgIpc) is 2.48. The van der Waals surface area contributed by atoms with Crippen molar-refractivity contribution < 1.29 is 4.74 Å². The van der Waals surface area contributed by atoms with Crippen molar-refractivity contribution in [3.63, 3.8) is 0 Å². The van der Waals surface area contributed by atoms with Gasteiger partial charge < -0.3 is 4.74 Å². The Morgan fingerprint density at radius 2 is 1.68 bits per heavy atom. The highest BCUT2D eigenvalue weighted by Gasteiger charge is 2.07. The maximum atomic E-state index is 11.7. The molecule has 1 aromatic heterocycles. The maximum Gasteiger partial charge on any atom is 0.272 e. The maximum absolute atomic E-state index is 11.7. The number of H-pyrrole nitrogens is 1. The molecule has 1 N–H and O–H groups in total. The third-order valence-corrected chi connectivity index (χ3v) is 3.06. The van der Waals surface area contributed by atoms with Crippen LogP contribution in [0.15, 0.2) is 53.3 Å². The number of hydrogen-bond donors (Lipinski definition) is 1. The minimum atomic E-state index is -0.173. The molecule has 4 nitrogen and oxygen atoms in total. The van der Waals surface area contributed by atoms with E-state index >= 15 is 0 Å². The van der Waals surface area contributed by atoms with Crippen LogP contribution >= 0.6 is 0 Å². The molecule has 0 aliphatic heterocycles. The van der Waals surface area contributed by atoms with Gasteiger partial charge in [-0.05, 0) is 30.3 Å². The SMILES string of the molecule is COc1ccc(-c2n[nH]c(=O)c3ccccc23)cc1. The minimum absolute atomic E-state index is 0.173. The van der Waals surface area contributed by atoms with Crippen LogP contribution in [0.1, 0.15) is 0 Å². The Balaban J connectivity index is 2.24. The predicted molar refractivity (Wildman–Crippen MR) is 74.4 cm³/mol. The molecule has 1 heterocycles. The monoisotopic (exact) mass is 252 g/mol. The van der Waals surface area contributed by atoms with E-state index in [9.17, 15) is 4.79 Å². The van der Waals surface area contributed by atoms with Gasteiger partial charge in [0.15, 0.2) is 0 Å². The molecule has 0 aliphatic carbocycles. The number of aromatic amines is 1. The van der Waals surface area contributed by atoms with E-state index < -0.39 is 0 Å². The van der Waals surface area contributed by atoms with Crippen molar-refractivity contribution in [1.29, 1.82) is 0 Å². The van der Waals surface area contributed by atoms with Gasteiger partial charge in [0.05, 0.1) is 18.2 Å². The highest BCUT2D eigenvalue weighted by atomic mass is 16.5. The van der Waals surface area contributed by atoms with Gasteiger partial charge >= 0.3 is 0 Å². The molecule has 4 heteroatoms. The van der Waals surface area contributed by atoms with Crippen LogP contribution in [-0.4, -0.2) is 17.3 Å². The van der Waals surface area contributed by atoms with E-state index in [1.165, 1.54) is 0 Å². The van der Waals surface area contributed by atoms with Crippen LogP contribution in [0.4, 0.5) is 0 Å². The lowest BCUT2D eigenvalue weighted by Crippen LogP contribution is -2.09. The molecule has 94 valence electrons. The number of methoxy groups -OCH3 is 1. The molecule has 0 saturated heterocycles. The van der Waals surface area contributed by atoms with Crippen molar-refractivity contribution in [3.8, 4) is 17.0 Å². The largest absolute Gasteiger partial charge is 0.497 e. The zero-order valence-corrected chi connectivity index (χ0v) is 10.4. The standard InChI is InChI=1S/C15H12N2O2/c1-19-11-8-6-10(7-9-11)14-12-4-2-3-5-13(12)15(18)17-16-14/h2-9H,1H3,(H,17,18). The summed E-state index contributed by atoms with van der Waals surface area (Å²) in [5.74, 6) is 0.789.